The van der Waals surface area contributed by atoms with Crippen LogP contribution in [-0.2, 0) is 6.54 Å². The van der Waals surface area contributed by atoms with Crippen LogP contribution in [0.2, 0.25) is 5.02 Å². The highest BCUT2D eigenvalue weighted by atomic mass is 79.9. The summed E-state index contributed by atoms with van der Waals surface area (Å²) >= 11 is 11.4. The summed E-state index contributed by atoms with van der Waals surface area (Å²) in [5.41, 5.74) is 3.26. The van der Waals surface area contributed by atoms with Crippen molar-refractivity contribution in [3.05, 3.63) is 99.2 Å². The van der Waals surface area contributed by atoms with Crippen LogP contribution in [0.3, 0.4) is 0 Å². The number of benzene rings is 3. The van der Waals surface area contributed by atoms with Gasteiger partial charge in [-0.3, -0.25) is 9.69 Å². The third-order valence-corrected chi connectivity index (χ3v) is 7.07. The van der Waals surface area contributed by atoms with E-state index in [2.05, 4.69) is 21.1 Å². The van der Waals surface area contributed by atoms with E-state index in [1.165, 1.54) is 11.3 Å². The van der Waals surface area contributed by atoms with Gasteiger partial charge in [-0.1, -0.05) is 92.6 Å². The second-order valence-corrected chi connectivity index (χ2v) is 9.76. The lowest BCUT2D eigenvalue weighted by Gasteiger charge is -2.20. The fourth-order valence-electron chi connectivity index (χ4n) is 3.59. The van der Waals surface area contributed by atoms with Crippen LogP contribution >= 0.6 is 38.9 Å². The number of aromatic nitrogens is 2. The average molecular weight is 539 g/mol. The molecule has 8 heteroatoms. The molecule has 0 aliphatic heterocycles. The Labute approximate surface area is 207 Å². The molecule has 2 heterocycles. The maximum absolute atomic E-state index is 14.0. The SMILES string of the molecule is Cc1onc(-c2ccccc2Cl)c1C(=O)N(Cc1ccccc1)c1nc2ccc(Br)cc2s1. The molecule has 0 saturated carbocycles. The van der Waals surface area contributed by atoms with Gasteiger partial charge in [0, 0.05) is 10.0 Å². The van der Waals surface area contributed by atoms with Gasteiger partial charge in [-0.25, -0.2) is 4.98 Å². The molecule has 0 fully saturated rings. The maximum atomic E-state index is 14.0. The lowest BCUT2D eigenvalue weighted by atomic mass is 10.0. The summed E-state index contributed by atoms with van der Waals surface area (Å²) in [4.78, 5) is 20.5. The van der Waals surface area contributed by atoms with Crippen molar-refractivity contribution in [1.29, 1.82) is 0 Å². The number of halogens is 2. The number of carbonyl (C=O) groups excluding carboxylic acids is 1. The number of hydrogen-bond donors (Lipinski definition) is 0. The van der Waals surface area contributed by atoms with E-state index in [0.717, 1.165) is 20.3 Å². The van der Waals surface area contributed by atoms with Gasteiger partial charge in [0.2, 0.25) is 0 Å². The Morgan fingerprint density at radius 3 is 2.64 bits per heavy atom. The van der Waals surface area contributed by atoms with E-state index < -0.39 is 0 Å². The minimum atomic E-state index is -0.245. The van der Waals surface area contributed by atoms with E-state index in [9.17, 15) is 4.79 Å². The fraction of sp³-hybridized carbons (Fsp3) is 0.0800. The number of aryl methyl sites for hydroxylation is 1. The zero-order chi connectivity index (χ0) is 22.9. The molecule has 5 rings (SSSR count). The molecular formula is C25H17BrClN3O2S. The van der Waals surface area contributed by atoms with Gasteiger partial charge in [0.05, 0.1) is 21.8 Å². The van der Waals surface area contributed by atoms with Crippen LogP contribution in [0.4, 0.5) is 5.13 Å². The summed E-state index contributed by atoms with van der Waals surface area (Å²) in [7, 11) is 0. The van der Waals surface area contributed by atoms with E-state index in [4.69, 9.17) is 21.1 Å². The predicted octanol–water partition coefficient (Wildman–Crippen LogP) is 7.52. The molecule has 3 aromatic carbocycles. The van der Waals surface area contributed by atoms with Gasteiger partial charge in [0.25, 0.3) is 5.91 Å². The molecule has 33 heavy (non-hydrogen) atoms. The van der Waals surface area contributed by atoms with Crippen molar-refractivity contribution in [2.24, 2.45) is 0 Å². The second kappa shape index (κ2) is 9.09. The van der Waals surface area contributed by atoms with Gasteiger partial charge < -0.3 is 4.52 Å². The van der Waals surface area contributed by atoms with Crippen LogP contribution in [0.25, 0.3) is 21.5 Å². The molecule has 0 radical (unpaired) electrons. The summed E-state index contributed by atoms with van der Waals surface area (Å²) in [5, 5.41) is 5.27. The molecule has 0 aliphatic carbocycles. The first-order valence-electron chi connectivity index (χ1n) is 10.1. The number of anilines is 1. The molecule has 0 aliphatic rings. The van der Waals surface area contributed by atoms with E-state index in [-0.39, 0.29) is 5.91 Å². The first-order chi connectivity index (χ1) is 16.0. The third-order valence-electron chi connectivity index (χ3n) is 5.20. The number of carbonyl (C=O) groups is 1. The van der Waals surface area contributed by atoms with Crippen molar-refractivity contribution in [2.75, 3.05) is 4.90 Å². The number of rotatable bonds is 5. The molecule has 5 aromatic rings. The van der Waals surface area contributed by atoms with Crippen LogP contribution in [0.5, 0.6) is 0 Å². The fourth-order valence-corrected chi connectivity index (χ4v) is 5.33. The van der Waals surface area contributed by atoms with Crippen LogP contribution < -0.4 is 4.90 Å². The maximum Gasteiger partial charge on any atom is 0.266 e. The van der Waals surface area contributed by atoms with Crippen LogP contribution in [-0.4, -0.2) is 16.0 Å². The third kappa shape index (κ3) is 4.31. The highest BCUT2D eigenvalue weighted by Gasteiger charge is 2.29. The van der Waals surface area contributed by atoms with Crippen LogP contribution in [0, 0.1) is 6.92 Å². The Kier molecular flexibility index (Phi) is 6.01. The standard InChI is InChI=1S/C25H17BrClN3O2S/c1-15-22(23(29-32-15)18-9-5-6-10-19(18)27)24(31)30(14-16-7-3-2-4-8-16)25-28-20-12-11-17(26)13-21(20)33-25/h2-13H,14H2,1H3. The van der Waals surface area contributed by atoms with Crippen molar-refractivity contribution >= 4 is 60.1 Å². The zero-order valence-electron chi connectivity index (χ0n) is 17.5. The Morgan fingerprint density at radius 1 is 1.09 bits per heavy atom. The zero-order valence-corrected chi connectivity index (χ0v) is 20.6. The quantitative estimate of drug-likeness (QED) is 0.232. The largest absolute Gasteiger partial charge is 0.360 e. The van der Waals surface area contributed by atoms with Gasteiger partial charge in [-0.2, -0.15) is 0 Å². The van der Waals surface area contributed by atoms with Crippen molar-refractivity contribution in [2.45, 2.75) is 13.5 Å². The van der Waals surface area contributed by atoms with E-state index in [0.29, 0.717) is 39.3 Å². The summed E-state index contributed by atoms with van der Waals surface area (Å²) in [6.07, 6.45) is 0. The lowest BCUT2D eigenvalue weighted by Crippen LogP contribution is -2.31. The van der Waals surface area contributed by atoms with Crippen molar-refractivity contribution in [1.82, 2.24) is 10.1 Å². The van der Waals surface area contributed by atoms with Crippen molar-refractivity contribution < 1.29 is 9.32 Å². The first-order valence-corrected chi connectivity index (χ1v) is 12.1. The normalized spacial score (nSPS) is 11.1. The molecule has 2 aromatic heterocycles. The monoisotopic (exact) mass is 537 g/mol. The molecule has 0 N–H and O–H groups in total. The molecule has 5 nitrogen and oxygen atoms in total. The second-order valence-electron chi connectivity index (χ2n) is 7.43. The number of amides is 1. The Hall–Kier alpha value is -3.00. The average Bonchev–Trinajstić information content (AvgIpc) is 3.41. The number of fused-ring (bicyclic) bond motifs is 1. The summed E-state index contributed by atoms with van der Waals surface area (Å²) in [6, 6.07) is 23.0. The number of hydrogen-bond acceptors (Lipinski definition) is 5. The summed E-state index contributed by atoms with van der Waals surface area (Å²) in [6.45, 7) is 2.09. The van der Waals surface area contributed by atoms with Crippen molar-refractivity contribution in [3.63, 3.8) is 0 Å². The highest BCUT2D eigenvalue weighted by Crippen LogP contribution is 2.36. The van der Waals surface area contributed by atoms with E-state index in [1.54, 1.807) is 17.9 Å². The Bertz CT molecular complexity index is 1470. The molecule has 1 amide bonds. The van der Waals surface area contributed by atoms with Crippen molar-refractivity contribution in [3.8, 4) is 11.3 Å². The minimum absolute atomic E-state index is 0.245. The van der Waals surface area contributed by atoms with E-state index in [1.807, 2.05) is 66.7 Å². The molecule has 0 saturated heterocycles. The predicted molar refractivity (Wildman–Crippen MR) is 136 cm³/mol. The summed E-state index contributed by atoms with van der Waals surface area (Å²) in [5.74, 6) is 0.183. The van der Waals surface area contributed by atoms with Gasteiger partial charge in [-0.15, -0.1) is 0 Å². The van der Waals surface area contributed by atoms with Gasteiger partial charge in [0.1, 0.15) is 17.0 Å². The molecular weight excluding hydrogens is 522 g/mol. The highest BCUT2D eigenvalue weighted by molar-refractivity contribution is 9.10. The lowest BCUT2D eigenvalue weighted by molar-refractivity contribution is 0.0984. The van der Waals surface area contributed by atoms with Gasteiger partial charge in [0.15, 0.2) is 5.13 Å². The van der Waals surface area contributed by atoms with Crippen LogP contribution in [0.15, 0.2) is 81.8 Å². The Balaban J connectivity index is 1.63. The molecule has 164 valence electrons. The molecule has 0 bridgehead atoms. The molecule has 0 spiro atoms. The minimum Gasteiger partial charge on any atom is -0.360 e. The van der Waals surface area contributed by atoms with E-state index >= 15 is 0 Å². The molecule has 0 unspecified atom stereocenters. The number of nitrogens with zero attached hydrogens (tertiary/aromatic N) is 3. The van der Waals surface area contributed by atoms with Crippen LogP contribution in [0.1, 0.15) is 21.7 Å². The summed E-state index contributed by atoms with van der Waals surface area (Å²) < 4.78 is 7.40. The van der Waals surface area contributed by atoms with Gasteiger partial charge in [-0.05, 0) is 36.8 Å². The smallest absolute Gasteiger partial charge is 0.266 e. The van der Waals surface area contributed by atoms with Gasteiger partial charge >= 0.3 is 0 Å². The first kappa shape index (κ1) is 21.8. The Morgan fingerprint density at radius 2 is 1.85 bits per heavy atom. The molecule has 0 atom stereocenters. The number of thiazole rings is 1. The topological polar surface area (TPSA) is 59.2 Å².